The molecule has 0 amide bonds. The largest absolute Gasteiger partial charge is 0.496 e. The molecule has 2 aromatic rings. The molecular formula is C17H19NO6. The number of aryl methyl sites for hydroxylation is 1. The molecule has 7 nitrogen and oxygen atoms in total. The van der Waals surface area contributed by atoms with Gasteiger partial charge >= 0.3 is 0 Å². The molecule has 1 aliphatic heterocycles. The number of benzene rings is 1. The van der Waals surface area contributed by atoms with E-state index in [1.165, 1.54) is 25.5 Å². The highest BCUT2D eigenvalue weighted by atomic mass is 16.7. The van der Waals surface area contributed by atoms with Gasteiger partial charge in [-0.25, -0.2) is 0 Å². The molecule has 1 aromatic heterocycles. The van der Waals surface area contributed by atoms with Gasteiger partial charge in [0.1, 0.15) is 16.9 Å². The number of fused-ring (bicyclic) bond motifs is 3. The predicted octanol–water partition coefficient (Wildman–Crippen LogP) is 1.16. The number of nitrogens with zero attached hydrogens (tertiary/aromatic N) is 1. The summed E-state index contributed by atoms with van der Waals surface area (Å²) in [4.78, 5) is 25.0. The quantitative estimate of drug-likeness (QED) is 0.903. The van der Waals surface area contributed by atoms with E-state index in [1.54, 1.807) is 19.2 Å². The molecule has 1 aromatic carbocycles. The Labute approximate surface area is 138 Å². The van der Waals surface area contributed by atoms with E-state index in [4.69, 9.17) is 14.2 Å². The molecule has 1 N–H and O–H groups in total. The van der Waals surface area contributed by atoms with Gasteiger partial charge < -0.3 is 23.9 Å². The Kier molecular flexibility index (Phi) is 3.76. The Balaban J connectivity index is 2.29. The third kappa shape index (κ3) is 2.41. The molecular weight excluding hydrogens is 314 g/mol. The van der Waals surface area contributed by atoms with Gasteiger partial charge in [0.2, 0.25) is 6.79 Å². The van der Waals surface area contributed by atoms with Crippen molar-refractivity contribution in [2.24, 2.45) is 7.05 Å². The SMILES string of the molecule is COc1c(CC(=O)C(C)(C)O)c(=O)n(C)c2c3c(ccc12)OCO3. The summed E-state index contributed by atoms with van der Waals surface area (Å²) in [5.74, 6) is 0.882. The van der Waals surface area contributed by atoms with Crippen LogP contribution in [0.3, 0.4) is 0 Å². The summed E-state index contributed by atoms with van der Waals surface area (Å²) in [6.07, 6.45) is -0.219. The highest BCUT2D eigenvalue weighted by Gasteiger charge is 2.29. The highest BCUT2D eigenvalue weighted by Crippen LogP contribution is 2.41. The maximum absolute atomic E-state index is 12.8. The molecule has 2 heterocycles. The second-order valence-electron chi connectivity index (χ2n) is 6.23. The minimum atomic E-state index is -1.53. The summed E-state index contributed by atoms with van der Waals surface area (Å²) in [5.41, 5.74) is -1.15. The lowest BCUT2D eigenvalue weighted by Gasteiger charge is -2.18. The van der Waals surface area contributed by atoms with Crippen LogP contribution in [0.25, 0.3) is 10.9 Å². The summed E-state index contributed by atoms with van der Waals surface area (Å²) < 4.78 is 17.7. The van der Waals surface area contributed by atoms with Crippen LogP contribution >= 0.6 is 0 Å². The standard InChI is InChI=1S/C17H19NO6/c1-17(2,21)12(19)7-10-14(22-4)9-5-6-11-15(24-8-23-11)13(9)18(3)16(10)20/h5-6,21H,7-8H2,1-4H3. The third-order valence-corrected chi connectivity index (χ3v) is 4.15. The normalized spacial score (nSPS) is 13.4. The number of rotatable bonds is 4. The first-order valence-electron chi connectivity index (χ1n) is 7.49. The molecule has 0 bridgehead atoms. The van der Waals surface area contributed by atoms with Crippen molar-refractivity contribution in [1.29, 1.82) is 0 Å². The van der Waals surface area contributed by atoms with E-state index >= 15 is 0 Å². The number of methoxy groups -OCH3 is 1. The van der Waals surface area contributed by atoms with Crippen molar-refractivity contribution >= 4 is 16.7 Å². The van der Waals surface area contributed by atoms with E-state index in [2.05, 4.69) is 0 Å². The topological polar surface area (TPSA) is 87.0 Å². The smallest absolute Gasteiger partial charge is 0.258 e. The molecule has 3 rings (SSSR count). The zero-order valence-corrected chi connectivity index (χ0v) is 14.0. The van der Waals surface area contributed by atoms with Crippen molar-refractivity contribution in [3.63, 3.8) is 0 Å². The number of carbonyl (C=O) groups excluding carboxylic acids is 1. The van der Waals surface area contributed by atoms with Crippen LogP contribution in [0.5, 0.6) is 17.2 Å². The zero-order valence-electron chi connectivity index (χ0n) is 14.0. The van der Waals surface area contributed by atoms with E-state index in [9.17, 15) is 14.7 Å². The van der Waals surface area contributed by atoms with Gasteiger partial charge in [0.25, 0.3) is 5.56 Å². The van der Waals surface area contributed by atoms with Crippen LogP contribution in [-0.4, -0.2) is 35.0 Å². The fourth-order valence-electron chi connectivity index (χ4n) is 2.80. The monoisotopic (exact) mass is 333 g/mol. The van der Waals surface area contributed by atoms with Crippen LogP contribution in [0.1, 0.15) is 19.4 Å². The van der Waals surface area contributed by atoms with Crippen molar-refractivity contribution in [3.05, 3.63) is 28.0 Å². The lowest BCUT2D eigenvalue weighted by Crippen LogP contribution is -2.35. The summed E-state index contributed by atoms with van der Waals surface area (Å²) in [5, 5.41) is 10.5. The highest BCUT2D eigenvalue weighted by molar-refractivity contribution is 5.95. The average Bonchev–Trinajstić information content (AvgIpc) is 2.99. The summed E-state index contributed by atoms with van der Waals surface area (Å²) in [6.45, 7) is 2.88. The zero-order chi connectivity index (χ0) is 17.6. The Morgan fingerprint density at radius 2 is 2.08 bits per heavy atom. The number of hydrogen-bond donors (Lipinski definition) is 1. The number of carbonyl (C=O) groups is 1. The minimum Gasteiger partial charge on any atom is -0.496 e. The van der Waals surface area contributed by atoms with E-state index in [1.807, 2.05) is 0 Å². The van der Waals surface area contributed by atoms with Gasteiger partial charge in [-0.15, -0.1) is 0 Å². The lowest BCUT2D eigenvalue weighted by atomic mass is 9.96. The second kappa shape index (κ2) is 5.52. The molecule has 0 spiro atoms. The fourth-order valence-corrected chi connectivity index (χ4v) is 2.80. The number of aromatic nitrogens is 1. The lowest BCUT2D eigenvalue weighted by molar-refractivity contribution is -0.133. The molecule has 0 radical (unpaired) electrons. The molecule has 0 saturated carbocycles. The van der Waals surface area contributed by atoms with Gasteiger partial charge in [0.05, 0.1) is 12.7 Å². The molecule has 0 aliphatic carbocycles. The first-order chi connectivity index (χ1) is 11.3. The number of ether oxygens (including phenoxy) is 3. The van der Waals surface area contributed by atoms with Crippen LogP contribution < -0.4 is 19.8 Å². The average molecular weight is 333 g/mol. The maximum Gasteiger partial charge on any atom is 0.258 e. The van der Waals surface area contributed by atoms with E-state index in [-0.39, 0.29) is 24.3 Å². The minimum absolute atomic E-state index is 0.0872. The number of Topliss-reactive ketones (excluding diaryl/α,β-unsaturated/α-hetero) is 1. The number of ketones is 1. The van der Waals surface area contributed by atoms with Crippen LogP contribution in [0.15, 0.2) is 16.9 Å². The van der Waals surface area contributed by atoms with Crippen LogP contribution in [0, 0.1) is 0 Å². The molecule has 128 valence electrons. The molecule has 0 fully saturated rings. The summed E-state index contributed by atoms with van der Waals surface area (Å²) in [6, 6.07) is 3.50. The molecule has 1 aliphatic rings. The van der Waals surface area contributed by atoms with Crippen LogP contribution in [0.4, 0.5) is 0 Å². The van der Waals surface area contributed by atoms with Gasteiger partial charge in [0.15, 0.2) is 17.3 Å². The fraction of sp³-hybridized carbons (Fsp3) is 0.412. The Bertz CT molecular complexity index is 891. The second-order valence-corrected chi connectivity index (χ2v) is 6.23. The Hall–Kier alpha value is -2.54. The first-order valence-corrected chi connectivity index (χ1v) is 7.49. The van der Waals surface area contributed by atoms with Gasteiger partial charge in [0, 0.05) is 18.9 Å². The van der Waals surface area contributed by atoms with Gasteiger partial charge in [-0.2, -0.15) is 0 Å². The number of pyridine rings is 1. The molecule has 0 unspecified atom stereocenters. The van der Waals surface area contributed by atoms with Crippen molar-refractivity contribution in [2.45, 2.75) is 25.9 Å². The van der Waals surface area contributed by atoms with Gasteiger partial charge in [-0.1, -0.05) is 0 Å². The summed E-state index contributed by atoms with van der Waals surface area (Å²) >= 11 is 0. The first kappa shape index (κ1) is 16.3. The molecule has 24 heavy (non-hydrogen) atoms. The van der Waals surface area contributed by atoms with Crippen molar-refractivity contribution < 1.29 is 24.1 Å². The number of aliphatic hydroxyl groups is 1. The predicted molar refractivity (Wildman–Crippen MR) is 86.9 cm³/mol. The van der Waals surface area contributed by atoms with E-state index in [0.717, 1.165) is 0 Å². The van der Waals surface area contributed by atoms with Crippen molar-refractivity contribution in [2.75, 3.05) is 13.9 Å². The van der Waals surface area contributed by atoms with Crippen LogP contribution in [0.2, 0.25) is 0 Å². The van der Waals surface area contributed by atoms with Crippen molar-refractivity contribution in [1.82, 2.24) is 4.57 Å². The summed E-state index contributed by atoms with van der Waals surface area (Å²) in [7, 11) is 3.04. The molecule has 0 atom stereocenters. The maximum atomic E-state index is 12.8. The molecule has 0 saturated heterocycles. The van der Waals surface area contributed by atoms with E-state index < -0.39 is 11.4 Å². The van der Waals surface area contributed by atoms with Gasteiger partial charge in [-0.05, 0) is 26.0 Å². The Morgan fingerprint density at radius 1 is 1.38 bits per heavy atom. The van der Waals surface area contributed by atoms with Crippen LogP contribution in [-0.2, 0) is 18.3 Å². The molecule has 7 heteroatoms. The van der Waals surface area contributed by atoms with E-state index in [0.29, 0.717) is 28.2 Å². The number of hydrogen-bond acceptors (Lipinski definition) is 6. The Morgan fingerprint density at radius 3 is 2.71 bits per heavy atom. The third-order valence-electron chi connectivity index (χ3n) is 4.15. The van der Waals surface area contributed by atoms with Crippen molar-refractivity contribution in [3.8, 4) is 17.2 Å². The van der Waals surface area contributed by atoms with Gasteiger partial charge in [-0.3, -0.25) is 9.59 Å².